The summed E-state index contributed by atoms with van der Waals surface area (Å²) in [6, 6.07) is 6.51. The average molecular weight is 222 g/mol. The zero-order valence-corrected chi connectivity index (χ0v) is 10.6. The van der Waals surface area contributed by atoms with Crippen LogP contribution in [0.15, 0.2) is 18.2 Å². The molecule has 2 N–H and O–H groups in total. The largest absolute Gasteiger partial charge is 0.373 e. The minimum absolute atomic E-state index is 0.582. The topological polar surface area (TPSA) is 40.2 Å². The van der Waals surface area contributed by atoms with Crippen LogP contribution in [0.1, 0.15) is 13.8 Å². The normalized spacial score (nSPS) is 10.9. The zero-order valence-electron chi connectivity index (χ0n) is 10.6. The van der Waals surface area contributed by atoms with Crippen LogP contribution in [-0.2, 0) is 0 Å². The highest BCUT2D eigenvalue weighted by atomic mass is 15.1. The summed E-state index contributed by atoms with van der Waals surface area (Å²) in [6.45, 7) is 6.32. The number of likely N-dealkylation sites (N-methyl/N-ethyl adjacent to an activating group) is 1. The van der Waals surface area contributed by atoms with E-state index in [9.17, 15) is 0 Å². The van der Waals surface area contributed by atoms with E-state index < -0.39 is 0 Å². The SMILES string of the molecule is CNc1cccc(NCCN(C)C(C)C)n1. The van der Waals surface area contributed by atoms with Gasteiger partial charge in [-0.2, -0.15) is 0 Å². The number of rotatable bonds is 6. The van der Waals surface area contributed by atoms with Gasteiger partial charge in [-0.15, -0.1) is 0 Å². The number of pyridine rings is 1. The standard InChI is InChI=1S/C12H22N4/c1-10(2)16(4)9-8-14-12-7-5-6-11(13-3)15-12/h5-7,10H,8-9H2,1-4H3,(H2,13,14,15). The third-order valence-electron chi connectivity index (χ3n) is 2.66. The molecule has 0 bridgehead atoms. The van der Waals surface area contributed by atoms with Gasteiger partial charge >= 0.3 is 0 Å². The van der Waals surface area contributed by atoms with Crippen LogP contribution in [0.5, 0.6) is 0 Å². The number of nitrogens with one attached hydrogen (secondary N) is 2. The van der Waals surface area contributed by atoms with Crippen LogP contribution in [0.3, 0.4) is 0 Å². The molecule has 1 heterocycles. The van der Waals surface area contributed by atoms with Crippen LogP contribution in [-0.4, -0.2) is 43.1 Å². The number of nitrogens with zero attached hydrogens (tertiary/aromatic N) is 2. The lowest BCUT2D eigenvalue weighted by atomic mass is 10.3. The van der Waals surface area contributed by atoms with Gasteiger partial charge in [0.05, 0.1) is 0 Å². The maximum Gasteiger partial charge on any atom is 0.128 e. The third-order valence-corrected chi connectivity index (χ3v) is 2.66. The Bertz CT molecular complexity index is 312. The minimum Gasteiger partial charge on any atom is -0.373 e. The lowest BCUT2D eigenvalue weighted by Crippen LogP contribution is -2.31. The van der Waals surface area contributed by atoms with E-state index in [1.54, 1.807) is 0 Å². The van der Waals surface area contributed by atoms with Crippen molar-refractivity contribution in [1.82, 2.24) is 9.88 Å². The molecule has 0 atom stereocenters. The van der Waals surface area contributed by atoms with Crippen molar-refractivity contribution >= 4 is 11.6 Å². The molecule has 0 aliphatic heterocycles. The Morgan fingerprint density at radius 1 is 1.31 bits per heavy atom. The average Bonchev–Trinajstić information content (AvgIpc) is 2.29. The molecule has 1 aromatic rings. The first-order valence-electron chi connectivity index (χ1n) is 5.72. The number of hydrogen-bond acceptors (Lipinski definition) is 4. The highest BCUT2D eigenvalue weighted by Crippen LogP contribution is 2.07. The van der Waals surface area contributed by atoms with Crippen molar-refractivity contribution in [3.8, 4) is 0 Å². The van der Waals surface area contributed by atoms with Crippen LogP contribution < -0.4 is 10.6 Å². The van der Waals surface area contributed by atoms with Gasteiger partial charge in [0.25, 0.3) is 0 Å². The van der Waals surface area contributed by atoms with Gasteiger partial charge in [-0.05, 0) is 33.0 Å². The van der Waals surface area contributed by atoms with Gasteiger partial charge in [0.15, 0.2) is 0 Å². The Kier molecular flexibility index (Phi) is 5.05. The zero-order chi connectivity index (χ0) is 12.0. The molecular formula is C12H22N4. The van der Waals surface area contributed by atoms with Crippen molar-refractivity contribution in [2.75, 3.05) is 37.8 Å². The summed E-state index contributed by atoms with van der Waals surface area (Å²) >= 11 is 0. The van der Waals surface area contributed by atoms with Crippen LogP contribution in [0.2, 0.25) is 0 Å². The van der Waals surface area contributed by atoms with Gasteiger partial charge in [-0.1, -0.05) is 6.07 Å². The van der Waals surface area contributed by atoms with Crippen molar-refractivity contribution < 1.29 is 0 Å². The summed E-state index contributed by atoms with van der Waals surface area (Å²) in [6.07, 6.45) is 0. The molecule has 0 aliphatic rings. The van der Waals surface area contributed by atoms with Gasteiger partial charge < -0.3 is 15.5 Å². The Balaban J connectivity index is 2.37. The molecule has 4 heteroatoms. The molecule has 0 spiro atoms. The molecule has 1 aromatic heterocycles. The lowest BCUT2D eigenvalue weighted by Gasteiger charge is -2.21. The molecular weight excluding hydrogens is 200 g/mol. The predicted octanol–water partition coefficient (Wildman–Crippen LogP) is 1.88. The second-order valence-corrected chi connectivity index (χ2v) is 4.16. The highest BCUT2D eigenvalue weighted by Gasteiger charge is 2.02. The van der Waals surface area contributed by atoms with Crippen LogP contribution in [0.25, 0.3) is 0 Å². The molecule has 0 radical (unpaired) electrons. The van der Waals surface area contributed by atoms with E-state index in [0.717, 1.165) is 24.7 Å². The number of aromatic nitrogens is 1. The molecule has 90 valence electrons. The first-order valence-corrected chi connectivity index (χ1v) is 5.72. The molecule has 1 rings (SSSR count). The molecule has 0 amide bonds. The van der Waals surface area contributed by atoms with Crippen molar-refractivity contribution in [3.05, 3.63) is 18.2 Å². The second kappa shape index (κ2) is 6.33. The smallest absolute Gasteiger partial charge is 0.128 e. The third kappa shape index (κ3) is 4.06. The van der Waals surface area contributed by atoms with Gasteiger partial charge in [0.2, 0.25) is 0 Å². The fourth-order valence-corrected chi connectivity index (χ4v) is 1.29. The first-order chi connectivity index (χ1) is 7.63. The Morgan fingerprint density at radius 2 is 2.00 bits per heavy atom. The van der Waals surface area contributed by atoms with E-state index in [1.807, 2.05) is 25.2 Å². The first kappa shape index (κ1) is 12.8. The maximum absolute atomic E-state index is 4.39. The molecule has 0 fully saturated rings. The van der Waals surface area contributed by atoms with E-state index in [1.165, 1.54) is 0 Å². The van der Waals surface area contributed by atoms with Gasteiger partial charge in [-0.25, -0.2) is 4.98 Å². The van der Waals surface area contributed by atoms with Gasteiger partial charge in [0.1, 0.15) is 11.6 Å². The number of anilines is 2. The van der Waals surface area contributed by atoms with Crippen molar-refractivity contribution in [2.45, 2.75) is 19.9 Å². The van der Waals surface area contributed by atoms with Crippen LogP contribution in [0.4, 0.5) is 11.6 Å². The van der Waals surface area contributed by atoms with E-state index in [0.29, 0.717) is 6.04 Å². The summed E-state index contributed by atoms with van der Waals surface area (Å²) in [5.41, 5.74) is 0. The Morgan fingerprint density at radius 3 is 2.62 bits per heavy atom. The Labute approximate surface area is 98.1 Å². The summed E-state index contributed by atoms with van der Waals surface area (Å²) in [7, 11) is 4.00. The van der Waals surface area contributed by atoms with Crippen molar-refractivity contribution in [1.29, 1.82) is 0 Å². The summed E-state index contributed by atoms with van der Waals surface area (Å²) in [5, 5.41) is 6.34. The van der Waals surface area contributed by atoms with E-state index >= 15 is 0 Å². The molecule has 0 aliphatic carbocycles. The lowest BCUT2D eigenvalue weighted by molar-refractivity contribution is 0.284. The summed E-state index contributed by atoms with van der Waals surface area (Å²) in [5.74, 6) is 1.81. The molecule has 0 aromatic carbocycles. The fourth-order valence-electron chi connectivity index (χ4n) is 1.29. The number of hydrogen-bond donors (Lipinski definition) is 2. The Hall–Kier alpha value is -1.29. The highest BCUT2D eigenvalue weighted by molar-refractivity contribution is 5.44. The van der Waals surface area contributed by atoms with Crippen LogP contribution in [0, 0.1) is 0 Å². The minimum atomic E-state index is 0.582. The summed E-state index contributed by atoms with van der Waals surface area (Å²) < 4.78 is 0. The quantitative estimate of drug-likeness (QED) is 0.771. The van der Waals surface area contributed by atoms with Crippen molar-refractivity contribution in [2.24, 2.45) is 0 Å². The molecule has 16 heavy (non-hydrogen) atoms. The maximum atomic E-state index is 4.39. The van der Waals surface area contributed by atoms with E-state index in [4.69, 9.17) is 0 Å². The van der Waals surface area contributed by atoms with Crippen LogP contribution >= 0.6 is 0 Å². The van der Waals surface area contributed by atoms with E-state index in [2.05, 4.69) is 41.4 Å². The molecule has 0 saturated heterocycles. The van der Waals surface area contributed by atoms with Gasteiger partial charge in [0, 0.05) is 26.2 Å². The van der Waals surface area contributed by atoms with Crippen molar-refractivity contribution in [3.63, 3.8) is 0 Å². The van der Waals surface area contributed by atoms with Gasteiger partial charge in [-0.3, -0.25) is 0 Å². The monoisotopic (exact) mass is 222 g/mol. The summed E-state index contributed by atoms with van der Waals surface area (Å²) in [4.78, 5) is 6.69. The van der Waals surface area contributed by atoms with E-state index in [-0.39, 0.29) is 0 Å². The molecule has 0 saturated carbocycles. The molecule has 0 unspecified atom stereocenters. The molecule has 4 nitrogen and oxygen atoms in total. The second-order valence-electron chi connectivity index (χ2n) is 4.16. The fraction of sp³-hybridized carbons (Fsp3) is 0.583. The predicted molar refractivity (Wildman–Crippen MR) is 70.0 cm³/mol.